The number of hydrogen-bond donors (Lipinski definition) is 3. The van der Waals surface area contributed by atoms with Crippen molar-refractivity contribution in [1.29, 1.82) is 0 Å². The lowest BCUT2D eigenvalue weighted by Crippen LogP contribution is -2.48. The van der Waals surface area contributed by atoms with Crippen LogP contribution in [0, 0.1) is 31.4 Å². The molecule has 1 fully saturated rings. The van der Waals surface area contributed by atoms with Crippen molar-refractivity contribution in [3.8, 4) is 16.8 Å². The Bertz CT molecular complexity index is 3640. The Kier molecular flexibility index (Phi) is 18.8. The number of halogens is 7. The van der Waals surface area contributed by atoms with Crippen LogP contribution < -0.4 is 21.6 Å². The van der Waals surface area contributed by atoms with Gasteiger partial charge in [-0.1, -0.05) is 82.8 Å². The molecule has 2 unspecified atom stereocenters. The molecule has 4 aromatic carbocycles. The van der Waals surface area contributed by atoms with Crippen molar-refractivity contribution in [3.63, 3.8) is 0 Å². The summed E-state index contributed by atoms with van der Waals surface area (Å²) in [6.07, 6.45) is 11.1. The number of piperazine rings is 1. The third kappa shape index (κ3) is 12.8. The molecule has 17 nitrogen and oxygen atoms in total. The van der Waals surface area contributed by atoms with Crippen LogP contribution in [0.5, 0.6) is 0 Å². The minimum atomic E-state index is -4.00. The number of pyridine rings is 2. The predicted octanol–water partition coefficient (Wildman–Crippen LogP) is 11.1. The molecule has 0 amide bonds. The highest BCUT2D eigenvalue weighted by Crippen LogP contribution is 2.48. The zero-order valence-corrected chi connectivity index (χ0v) is 47.0. The van der Waals surface area contributed by atoms with Gasteiger partial charge in [-0.25, -0.2) is 42.2 Å². The molecule has 438 valence electrons. The van der Waals surface area contributed by atoms with Gasteiger partial charge in [0.25, 0.3) is 0 Å². The van der Waals surface area contributed by atoms with E-state index in [0.717, 1.165) is 101 Å². The largest absolute Gasteiger partial charge is 0.377 e. The summed E-state index contributed by atoms with van der Waals surface area (Å²) >= 11 is 3.12. The first kappa shape index (κ1) is 61.0. The van der Waals surface area contributed by atoms with Crippen LogP contribution in [0.25, 0.3) is 16.8 Å². The first-order chi connectivity index (χ1) is 39.6. The van der Waals surface area contributed by atoms with Crippen molar-refractivity contribution >= 4 is 27.3 Å². The number of rotatable bonds is 17. The van der Waals surface area contributed by atoms with E-state index in [1.807, 2.05) is 48.5 Å². The van der Waals surface area contributed by atoms with Gasteiger partial charge in [0.2, 0.25) is 0 Å². The maximum atomic E-state index is 16.3. The topological polar surface area (TPSA) is 209 Å². The molecule has 1 aliphatic rings. The van der Waals surface area contributed by atoms with Gasteiger partial charge in [-0.15, -0.1) is 0 Å². The standard InChI is InChI=1S/C41H44F3N9O2.C17H14BrF3N4O.CH4.H3N/c1-5-37(28(2)3)53-39(54)52(27-47-53)34-17-15-33(16-18-34)50-22-20-49(21-23-50)32-13-10-30(11-14-32)31-12-19-38(45-24-31)41(43,44)40(55,25-51-26-46-29(4)48-51)35-8-6-7-9-36(35)42;1-11-23-10-25(24-11)9-16(26,13-4-2-3-5-14(13)19)17(20,21)15-7-6-12(18)8-22-15;;/h6-19,24,26-28,37,55H,5,20-23,25H2,1-4H3;2-8,10,26H,9H2,1H3;1H4;1H3/t37-,40?;;;/m0.../s1/i/hD. The van der Waals surface area contributed by atoms with Crippen molar-refractivity contribution in [2.45, 2.75) is 90.6 Å². The van der Waals surface area contributed by atoms with Crippen LogP contribution in [0.15, 0.2) is 162 Å². The molecular weight excluding hydrogens is 1150 g/mol. The summed E-state index contributed by atoms with van der Waals surface area (Å²) in [5.74, 6) is -8.87. The fourth-order valence-corrected chi connectivity index (χ4v) is 10.2. The van der Waals surface area contributed by atoms with Gasteiger partial charge in [-0.05, 0) is 114 Å². The van der Waals surface area contributed by atoms with Crippen molar-refractivity contribution in [2.75, 3.05) is 36.0 Å². The Hall–Kier alpha value is -8.06. The van der Waals surface area contributed by atoms with Crippen LogP contribution in [0.1, 0.15) is 74.8 Å². The van der Waals surface area contributed by atoms with Crippen molar-refractivity contribution in [3.05, 3.63) is 213 Å². The third-order valence-electron chi connectivity index (χ3n) is 14.4. The van der Waals surface area contributed by atoms with Crippen LogP contribution in [-0.4, -0.2) is 90.2 Å². The van der Waals surface area contributed by atoms with Crippen LogP contribution in [0.3, 0.4) is 0 Å². The smallest absolute Gasteiger partial charge is 0.350 e. The van der Waals surface area contributed by atoms with Gasteiger partial charge < -0.3 is 26.2 Å². The summed E-state index contributed by atoms with van der Waals surface area (Å²) in [5, 5.41) is 35.0. The van der Waals surface area contributed by atoms with Crippen molar-refractivity contribution in [1.82, 2.24) is 60.0 Å². The van der Waals surface area contributed by atoms with E-state index in [1.54, 1.807) is 29.4 Å². The summed E-state index contributed by atoms with van der Waals surface area (Å²) in [7, 11) is 0. The Balaban J connectivity index is 0.000000292. The van der Waals surface area contributed by atoms with E-state index < -0.39 is 70.3 Å². The van der Waals surface area contributed by atoms with Crippen molar-refractivity contribution in [2.24, 2.45) is 5.92 Å². The molecule has 0 saturated carbocycles. The Morgan fingerprint density at radius 2 is 1.05 bits per heavy atom. The van der Waals surface area contributed by atoms with Gasteiger partial charge in [0.05, 0.1) is 24.8 Å². The molecule has 10 rings (SSSR count). The second-order valence-corrected chi connectivity index (χ2v) is 21.0. The number of aliphatic hydroxyl groups is 2. The summed E-state index contributed by atoms with van der Waals surface area (Å²) in [6.45, 7) is 11.2. The normalized spacial score (nSPS) is 14.7. The van der Waals surface area contributed by atoms with Gasteiger partial charge in [-0.2, -0.15) is 32.9 Å². The maximum absolute atomic E-state index is 16.3. The minimum Gasteiger partial charge on any atom is -0.377 e. The zero-order valence-electron chi connectivity index (χ0n) is 46.4. The molecule has 3 atom stereocenters. The number of nitrogens with zero attached hydrogens (tertiary/aromatic N) is 13. The quantitative estimate of drug-likeness (QED) is 0.0726. The summed E-state index contributed by atoms with van der Waals surface area (Å²) in [5.41, 5.74) is -4.32. The number of alkyl halides is 4. The molecule has 9 aromatic rings. The molecule has 5 N–H and O–H groups in total. The Labute approximate surface area is 486 Å². The minimum absolute atomic E-state index is 0. The molecule has 5 aromatic heterocycles. The third-order valence-corrected chi connectivity index (χ3v) is 14.9. The van der Waals surface area contributed by atoms with Crippen LogP contribution in [0.2, 0.25) is 1.41 Å². The average Bonchev–Trinajstić information content (AvgIpc) is 1.34. The fraction of sp³-hybridized carbons (Fsp3) is 0.322. The number of aromatic nitrogens is 11. The van der Waals surface area contributed by atoms with Gasteiger partial charge >= 0.3 is 17.5 Å². The molecule has 1 aliphatic heterocycles. The molecule has 0 aliphatic carbocycles. The van der Waals surface area contributed by atoms with Gasteiger partial charge in [0.1, 0.15) is 55.1 Å². The lowest BCUT2D eigenvalue weighted by molar-refractivity contribution is -0.207. The molecule has 0 spiro atoms. The number of benzene rings is 4. The van der Waals surface area contributed by atoms with E-state index in [0.29, 0.717) is 27.6 Å². The molecule has 0 bridgehead atoms. The van der Waals surface area contributed by atoms with E-state index in [1.165, 1.54) is 61.4 Å². The fourth-order valence-electron chi connectivity index (χ4n) is 9.99. The van der Waals surface area contributed by atoms with E-state index in [-0.39, 0.29) is 19.2 Å². The number of hydrogen-bond acceptors (Lipinski definition) is 13. The van der Waals surface area contributed by atoms with E-state index in [4.69, 9.17) is 1.41 Å². The number of aryl methyl sites for hydroxylation is 2. The van der Waals surface area contributed by atoms with Gasteiger partial charge in [0.15, 0.2) is 11.2 Å². The van der Waals surface area contributed by atoms with E-state index in [2.05, 4.69) is 87.9 Å². The van der Waals surface area contributed by atoms with Crippen LogP contribution >= 0.6 is 15.9 Å². The molecule has 24 heteroatoms. The second kappa shape index (κ2) is 25.6. The second-order valence-electron chi connectivity index (χ2n) is 20.1. The average molecular weight is 1210 g/mol. The highest BCUT2D eigenvalue weighted by Gasteiger charge is 2.59. The highest BCUT2D eigenvalue weighted by atomic mass is 79.9. The van der Waals surface area contributed by atoms with Crippen molar-refractivity contribution < 1.29 is 38.0 Å². The summed E-state index contributed by atoms with van der Waals surface area (Å²) in [6, 6.07) is 30.8. The SMILES string of the molecule is C.CC[C@@H](C(C)C)n1ncn(-c2ccc(N3CCN(c4ccc(-c5ccc(C(F)(F)C(O)(Cn6cnc(C)n6)c6ccccc6F)nc5)cc4)CC3)cc2)c1=O.Cc1ncn(CC(O)(c2ccccc2F)C(F)(F)c2ccc(Br)cn2)n1.[2H]N. The van der Waals surface area contributed by atoms with Crippen LogP contribution in [0.4, 0.5) is 37.7 Å². The Morgan fingerprint density at radius 3 is 1.45 bits per heavy atom. The first-order valence-corrected chi connectivity index (χ1v) is 26.8. The lowest BCUT2D eigenvalue weighted by atomic mass is 9.84. The molecule has 1 saturated heterocycles. The maximum Gasteiger partial charge on any atom is 0.350 e. The van der Waals surface area contributed by atoms with E-state index >= 15 is 17.6 Å². The lowest BCUT2D eigenvalue weighted by Gasteiger charge is -2.37. The van der Waals surface area contributed by atoms with Gasteiger partial charge in [0, 0.05) is 71.1 Å². The monoisotopic (exact) mass is 1210 g/mol. The van der Waals surface area contributed by atoms with E-state index in [9.17, 15) is 23.8 Å². The number of anilines is 2. The predicted molar refractivity (Wildman–Crippen MR) is 308 cm³/mol. The molecular formula is C59H65BrF6N14O3. The zero-order chi connectivity index (χ0) is 59.9. The molecule has 6 heterocycles. The first-order valence-electron chi connectivity index (χ1n) is 26.6. The summed E-state index contributed by atoms with van der Waals surface area (Å²) < 4.78 is 104. The van der Waals surface area contributed by atoms with Crippen LogP contribution in [-0.2, 0) is 36.1 Å². The summed E-state index contributed by atoms with van der Waals surface area (Å²) in [4.78, 5) is 33.3. The van der Waals surface area contributed by atoms with Gasteiger partial charge in [-0.3, -0.25) is 9.97 Å². The molecule has 83 heavy (non-hydrogen) atoms. The molecule has 0 radical (unpaired) electrons. The Morgan fingerprint density at radius 1 is 0.614 bits per heavy atom. The highest BCUT2D eigenvalue weighted by molar-refractivity contribution is 9.10.